The Bertz CT molecular complexity index is 616. The third-order valence-electron chi connectivity index (χ3n) is 3.06. The first-order chi connectivity index (χ1) is 10.5. The maximum Gasteiger partial charge on any atom is 0.258 e. The molecule has 1 heterocycles. The zero-order valence-corrected chi connectivity index (χ0v) is 12.9. The van der Waals surface area contributed by atoms with E-state index in [0.29, 0.717) is 0 Å². The third-order valence-corrected chi connectivity index (χ3v) is 3.36. The molecule has 118 valence electrons. The van der Waals surface area contributed by atoms with Crippen LogP contribution in [-0.2, 0) is 11.2 Å². The maximum absolute atomic E-state index is 12.9. The summed E-state index contributed by atoms with van der Waals surface area (Å²) in [6.07, 6.45) is 3.13. The summed E-state index contributed by atoms with van der Waals surface area (Å²) < 4.78 is 23.4. The number of rotatable bonds is 7. The third kappa shape index (κ3) is 5.07. The Morgan fingerprint density at radius 1 is 1.45 bits per heavy atom. The molecule has 1 amide bonds. The molecular weight excluding hydrogens is 309 g/mol. The van der Waals surface area contributed by atoms with Crippen molar-refractivity contribution in [3.05, 3.63) is 53.2 Å². The number of carbonyl (C=O) groups is 1. The van der Waals surface area contributed by atoms with Gasteiger partial charge in [-0.1, -0.05) is 11.6 Å². The van der Waals surface area contributed by atoms with Crippen molar-refractivity contribution in [1.29, 1.82) is 0 Å². The molecule has 0 fully saturated rings. The zero-order valence-electron chi connectivity index (χ0n) is 12.1. The predicted octanol–water partition coefficient (Wildman–Crippen LogP) is 3.59. The van der Waals surface area contributed by atoms with Gasteiger partial charge < -0.3 is 14.5 Å². The molecule has 1 aromatic heterocycles. The Morgan fingerprint density at radius 3 is 2.95 bits per heavy atom. The summed E-state index contributed by atoms with van der Waals surface area (Å²) in [5.41, 5.74) is 0. The van der Waals surface area contributed by atoms with E-state index in [-0.39, 0.29) is 29.3 Å². The average molecular weight is 326 g/mol. The molecule has 22 heavy (non-hydrogen) atoms. The van der Waals surface area contributed by atoms with Crippen LogP contribution < -0.4 is 10.1 Å². The molecule has 1 N–H and O–H groups in total. The normalized spacial score (nSPS) is 12.0. The van der Waals surface area contributed by atoms with Crippen molar-refractivity contribution in [2.24, 2.45) is 0 Å². The molecular formula is C16H17ClFNO3. The summed E-state index contributed by atoms with van der Waals surface area (Å²) in [4.78, 5) is 11.8. The predicted molar refractivity (Wildman–Crippen MR) is 81.5 cm³/mol. The molecule has 1 aromatic carbocycles. The van der Waals surface area contributed by atoms with Crippen molar-refractivity contribution < 1.29 is 18.3 Å². The second kappa shape index (κ2) is 7.84. The van der Waals surface area contributed by atoms with E-state index in [1.807, 2.05) is 19.1 Å². The Hall–Kier alpha value is -2.01. The van der Waals surface area contributed by atoms with Gasteiger partial charge in [-0.2, -0.15) is 0 Å². The van der Waals surface area contributed by atoms with Crippen LogP contribution in [-0.4, -0.2) is 18.6 Å². The standard InChI is InChI=1S/C16H17ClFNO3/c1-11(4-6-13-3-2-8-21-13)19-16(20)10-22-15-7-5-12(18)9-14(15)17/h2-3,5,7-9,11H,4,6,10H2,1H3,(H,19,20). The highest BCUT2D eigenvalue weighted by atomic mass is 35.5. The molecule has 1 atom stereocenters. The first-order valence-corrected chi connectivity index (χ1v) is 7.32. The molecule has 6 heteroatoms. The van der Waals surface area contributed by atoms with Gasteiger partial charge in [-0.15, -0.1) is 0 Å². The van der Waals surface area contributed by atoms with Gasteiger partial charge in [-0.05, 0) is 43.7 Å². The number of amides is 1. The Labute approximate surface area is 133 Å². The Kier molecular flexibility index (Phi) is 5.83. The number of carbonyl (C=O) groups excluding carboxylic acids is 1. The lowest BCUT2D eigenvalue weighted by Gasteiger charge is -2.14. The second-order valence-electron chi connectivity index (χ2n) is 4.95. The van der Waals surface area contributed by atoms with E-state index in [4.69, 9.17) is 20.8 Å². The van der Waals surface area contributed by atoms with Crippen LogP contribution in [0.25, 0.3) is 0 Å². The molecule has 2 rings (SSSR count). The highest BCUT2D eigenvalue weighted by molar-refractivity contribution is 6.32. The largest absolute Gasteiger partial charge is 0.482 e. The van der Waals surface area contributed by atoms with Crippen LogP contribution in [0, 0.1) is 5.82 Å². The number of benzene rings is 1. The fourth-order valence-corrected chi connectivity index (χ4v) is 2.16. The fourth-order valence-electron chi connectivity index (χ4n) is 1.94. The molecule has 0 spiro atoms. The highest BCUT2D eigenvalue weighted by Crippen LogP contribution is 2.24. The lowest BCUT2D eigenvalue weighted by molar-refractivity contribution is -0.123. The van der Waals surface area contributed by atoms with Crippen LogP contribution in [0.5, 0.6) is 5.75 Å². The highest BCUT2D eigenvalue weighted by Gasteiger charge is 2.10. The number of halogens is 2. The van der Waals surface area contributed by atoms with Gasteiger partial charge in [0.2, 0.25) is 0 Å². The summed E-state index contributed by atoms with van der Waals surface area (Å²) in [6, 6.07) is 7.48. The summed E-state index contributed by atoms with van der Waals surface area (Å²) in [7, 11) is 0. The van der Waals surface area contributed by atoms with E-state index < -0.39 is 5.82 Å². The van der Waals surface area contributed by atoms with Crippen LogP contribution in [0.1, 0.15) is 19.1 Å². The molecule has 0 saturated carbocycles. The van der Waals surface area contributed by atoms with Crippen LogP contribution in [0.2, 0.25) is 5.02 Å². The van der Waals surface area contributed by atoms with Crippen LogP contribution in [0.3, 0.4) is 0 Å². The summed E-state index contributed by atoms with van der Waals surface area (Å²) >= 11 is 5.82. The van der Waals surface area contributed by atoms with Crippen molar-refractivity contribution in [1.82, 2.24) is 5.32 Å². The number of nitrogens with one attached hydrogen (secondary N) is 1. The molecule has 0 aliphatic carbocycles. The van der Waals surface area contributed by atoms with Crippen molar-refractivity contribution in [2.45, 2.75) is 25.8 Å². The lowest BCUT2D eigenvalue weighted by atomic mass is 10.1. The van der Waals surface area contributed by atoms with Crippen molar-refractivity contribution >= 4 is 17.5 Å². The van der Waals surface area contributed by atoms with Crippen molar-refractivity contribution in [3.8, 4) is 5.75 Å². The number of aryl methyl sites for hydroxylation is 1. The van der Waals surface area contributed by atoms with Gasteiger partial charge in [-0.25, -0.2) is 4.39 Å². The molecule has 0 radical (unpaired) electrons. The fraction of sp³-hybridized carbons (Fsp3) is 0.312. The Morgan fingerprint density at radius 2 is 2.27 bits per heavy atom. The molecule has 0 saturated heterocycles. The summed E-state index contributed by atoms with van der Waals surface area (Å²) in [5, 5.41) is 2.96. The van der Waals surface area contributed by atoms with Crippen LogP contribution >= 0.6 is 11.6 Å². The monoisotopic (exact) mass is 325 g/mol. The van der Waals surface area contributed by atoms with Crippen molar-refractivity contribution in [2.75, 3.05) is 6.61 Å². The average Bonchev–Trinajstić information content (AvgIpc) is 2.97. The van der Waals surface area contributed by atoms with E-state index in [0.717, 1.165) is 24.7 Å². The first kappa shape index (κ1) is 16.4. The smallest absolute Gasteiger partial charge is 0.258 e. The minimum Gasteiger partial charge on any atom is -0.482 e. The number of hydrogen-bond donors (Lipinski definition) is 1. The van der Waals surface area contributed by atoms with E-state index in [2.05, 4.69) is 5.32 Å². The van der Waals surface area contributed by atoms with Gasteiger partial charge in [0.05, 0.1) is 11.3 Å². The number of hydrogen-bond acceptors (Lipinski definition) is 3. The van der Waals surface area contributed by atoms with Gasteiger partial charge in [0.15, 0.2) is 6.61 Å². The van der Waals surface area contributed by atoms with Gasteiger partial charge >= 0.3 is 0 Å². The van der Waals surface area contributed by atoms with Crippen molar-refractivity contribution in [3.63, 3.8) is 0 Å². The maximum atomic E-state index is 12.9. The minimum atomic E-state index is -0.451. The molecule has 4 nitrogen and oxygen atoms in total. The van der Waals surface area contributed by atoms with Crippen LogP contribution in [0.15, 0.2) is 41.0 Å². The van der Waals surface area contributed by atoms with Gasteiger partial charge in [-0.3, -0.25) is 4.79 Å². The van der Waals surface area contributed by atoms with E-state index in [9.17, 15) is 9.18 Å². The lowest BCUT2D eigenvalue weighted by Crippen LogP contribution is -2.36. The SMILES string of the molecule is CC(CCc1ccco1)NC(=O)COc1ccc(F)cc1Cl. The van der Waals surface area contributed by atoms with E-state index in [1.54, 1.807) is 6.26 Å². The molecule has 2 aromatic rings. The molecule has 0 aliphatic heterocycles. The first-order valence-electron chi connectivity index (χ1n) is 6.94. The van der Waals surface area contributed by atoms with Crippen LogP contribution in [0.4, 0.5) is 4.39 Å². The number of furan rings is 1. The minimum absolute atomic E-state index is 0.00936. The molecule has 1 unspecified atom stereocenters. The van der Waals surface area contributed by atoms with Gasteiger partial charge in [0, 0.05) is 12.5 Å². The molecule has 0 aliphatic rings. The zero-order chi connectivity index (χ0) is 15.9. The van der Waals surface area contributed by atoms with Gasteiger partial charge in [0.25, 0.3) is 5.91 Å². The molecule has 0 bridgehead atoms. The van der Waals surface area contributed by atoms with E-state index >= 15 is 0 Å². The quantitative estimate of drug-likeness (QED) is 0.846. The summed E-state index contributed by atoms with van der Waals surface area (Å²) in [5.74, 6) is 0.456. The topological polar surface area (TPSA) is 51.5 Å². The number of ether oxygens (including phenoxy) is 1. The Balaban J connectivity index is 1.72. The second-order valence-corrected chi connectivity index (χ2v) is 5.36. The summed E-state index contributed by atoms with van der Waals surface area (Å²) in [6.45, 7) is 1.74. The van der Waals surface area contributed by atoms with Gasteiger partial charge in [0.1, 0.15) is 17.3 Å². The van der Waals surface area contributed by atoms with E-state index in [1.165, 1.54) is 12.1 Å².